The summed E-state index contributed by atoms with van der Waals surface area (Å²) in [6.45, 7) is 9.41. The van der Waals surface area contributed by atoms with Gasteiger partial charge in [-0.15, -0.1) is 0 Å². The summed E-state index contributed by atoms with van der Waals surface area (Å²) in [5.74, 6) is 0.498. The van der Waals surface area contributed by atoms with Gasteiger partial charge in [-0.1, -0.05) is 30.3 Å². The predicted molar refractivity (Wildman–Crippen MR) is 123 cm³/mol. The summed E-state index contributed by atoms with van der Waals surface area (Å²) in [4.78, 5) is 31.4. The van der Waals surface area contributed by atoms with Crippen molar-refractivity contribution in [2.75, 3.05) is 13.2 Å². The van der Waals surface area contributed by atoms with Gasteiger partial charge in [0.25, 0.3) is 5.56 Å². The number of benzene rings is 1. The maximum absolute atomic E-state index is 13.6. The number of rotatable bonds is 7. The lowest BCUT2D eigenvalue weighted by molar-refractivity contribution is 0.139. The molecule has 0 aliphatic carbocycles. The molecule has 0 bridgehead atoms. The van der Waals surface area contributed by atoms with Gasteiger partial charge in [-0.2, -0.15) is 10.1 Å². The number of imidazole rings is 1. The average Bonchev–Trinajstić information content (AvgIpc) is 3.29. The van der Waals surface area contributed by atoms with Gasteiger partial charge in [-0.25, -0.2) is 9.48 Å². The molecule has 0 N–H and O–H groups in total. The largest absolute Gasteiger partial charge is 0.380 e. The normalized spacial score (nSPS) is 11.5. The predicted octanol–water partition coefficient (Wildman–Crippen LogP) is 2.09. The van der Waals surface area contributed by atoms with Crippen LogP contribution in [0.3, 0.4) is 0 Å². The van der Waals surface area contributed by atoms with Gasteiger partial charge in [0.1, 0.15) is 0 Å². The molecule has 0 aliphatic rings. The molecule has 0 amide bonds. The Labute approximate surface area is 185 Å². The van der Waals surface area contributed by atoms with Gasteiger partial charge in [-0.3, -0.25) is 13.9 Å². The van der Waals surface area contributed by atoms with Crippen LogP contribution in [-0.4, -0.2) is 41.7 Å². The third-order valence-corrected chi connectivity index (χ3v) is 5.90. The van der Waals surface area contributed by atoms with Crippen LogP contribution in [0.25, 0.3) is 17.1 Å². The van der Waals surface area contributed by atoms with Crippen molar-refractivity contribution >= 4 is 11.2 Å². The van der Waals surface area contributed by atoms with Gasteiger partial charge < -0.3 is 9.30 Å². The van der Waals surface area contributed by atoms with E-state index < -0.39 is 5.69 Å². The van der Waals surface area contributed by atoms with Crippen molar-refractivity contribution in [2.45, 2.75) is 40.8 Å². The van der Waals surface area contributed by atoms with Crippen LogP contribution in [0.1, 0.15) is 29.4 Å². The first-order valence-corrected chi connectivity index (χ1v) is 10.7. The van der Waals surface area contributed by atoms with Crippen LogP contribution >= 0.6 is 0 Å². The molecule has 32 heavy (non-hydrogen) atoms. The first-order valence-electron chi connectivity index (χ1n) is 10.7. The highest BCUT2D eigenvalue weighted by Gasteiger charge is 2.23. The Balaban J connectivity index is 1.99. The maximum atomic E-state index is 13.6. The minimum atomic E-state index is -0.406. The third-order valence-electron chi connectivity index (χ3n) is 5.90. The van der Waals surface area contributed by atoms with Crippen molar-refractivity contribution in [2.24, 2.45) is 7.05 Å². The molecule has 3 aromatic heterocycles. The zero-order chi connectivity index (χ0) is 23.0. The minimum Gasteiger partial charge on any atom is -0.380 e. The Morgan fingerprint density at radius 3 is 2.38 bits per heavy atom. The number of aromatic nitrogens is 6. The van der Waals surface area contributed by atoms with Crippen molar-refractivity contribution in [1.82, 2.24) is 28.5 Å². The number of nitrogens with zero attached hydrogens (tertiary/aromatic N) is 6. The molecule has 168 valence electrons. The Hall–Kier alpha value is -3.46. The highest BCUT2D eigenvalue weighted by Crippen LogP contribution is 2.20. The lowest BCUT2D eigenvalue weighted by atomic mass is 10.2. The fraction of sp³-hybridized carbons (Fsp3) is 0.391. The molecule has 0 radical (unpaired) electrons. The van der Waals surface area contributed by atoms with Crippen molar-refractivity contribution in [3.63, 3.8) is 0 Å². The number of ether oxygens (including phenoxy) is 1. The molecular weight excluding hydrogens is 408 g/mol. The van der Waals surface area contributed by atoms with Crippen molar-refractivity contribution in [3.8, 4) is 5.95 Å². The third kappa shape index (κ3) is 3.58. The van der Waals surface area contributed by atoms with Gasteiger partial charge >= 0.3 is 5.69 Å². The van der Waals surface area contributed by atoms with Crippen LogP contribution in [-0.2, 0) is 24.9 Å². The quantitative estimate of drug-likeness (QED) is 0.414. The monoisotopic (exact) mass is 436 g/mol. The summed E-state index contributed by atoms with van der Waals surface area (Å²) in [7, 11) is 1.64. The van der Waals surface area contributed by atoms with E-state index in [1.165, 1.54) is 9.13 Å². The standard InChI is InChI=1S/C23H28N6O3/c1-6-32-13-12-27-19-20(24-22(27)29-17(4)15(2)16(3)25-29)26(5)23(31)28(21(19)30)14-18-10-8-7-9-11-18/h7-11H,6,12-14H2,1-5H3. The second kappa shape index (κ2) is 8.58. The topological polar surface area (TPSA) is 88.9 Å². The molecule has 4 rings (SSSR count). The molecule has 4 aromatic rings. The molecule has 0 atom stereocenters. The second-order valence-corrected chi connectivity index (χ2v) is 7.86. The summed E-state index contributed by atoms with van der Waals surface area (Å²) < 4.78 is 11.8. The summed E-state index contributed by atoms with van der Waals surface area (Å²) in [6.07, 6.45) is 0. The molecule has 0 unspecified atom stereocenters. The minimum absolute atomic E-state index is 0.188. The summed E-state index contributed by atoms with van der Waals surface area (Å²) in [6, 6.07) is 9.47. The van der Waals surface area contributed by atoms with E-state index in [0.717, 1.165) is 22.5 Å². The fourth-order valence-electron chi connectivity index (χ4n) is 3.85. The van der Waals surface area contributed by atoms with Gasteiger partial charge in [-0.05, 0) is 38.8 Å². The summed E-state index contributed by atoms with van der Waals surface area (Å²) in [5.41, 5.74) is 3.68. The van der Waals surface area contributed by atoms with Crippen LogP contribution < -0.4 is 11.2 Å². The zero-order valence-electron chi connectivity index (χ0n) is 19.1. The Morgan fingerprint density at radius 2 is 1.75 bits per heavy atom. The molecule has 0 saturated heterocycles. The Morgan fingerprint density at radius 1 is 1.03 bits per heavy atom. The lowest BCUT2D eigenvalue weighted by Gasteiger charge is -2.12. The molecule has 3 heterocycles. The van der Waals surface area contributed by atoms with E-state index in [2.05, 4.69) is 5.10 Å². The molecule has 0 saturated carbocycles. The first-order chi connectivity index (χ1) is 15.3. The Bertz CT molecular complexity index is 1390. The van der Waals surface area contributed by atoms with E-state index in [4.69, 9.17) is 9.72 Å². The lowest BCUT2D eigenvalue weighted by Crippen LogP contribution is -2.40. The number of hydrogen-bond acceptors (Lipinski definition) is 5. The molecule has 0 spiro atoms. The maximum Gasteiger partial charge on any atom is 0.332 e. The van der Waals surface area contributed by atoms with E-state index >= 15 is 0 Å². The highest BCUT2D eigenvalue weighted by atomic mass is 16.5. The average molecular weight is 437 g/mol. The molecule has 9 nitrogen and oxygen atoms in total. The van der Waals surface area contributed by atoms with Gasteiger partial charge in [0.2, 0.25) is 5.95 Å². The molecule has 0 fully saturated rings. The van der Waals surface area contributed by atoms with Gasteiger partial charge in [0, 0.05) is 25.9 Å². The van der Waals surface area contributed by atoms with E-state index in [1.807, 2.05) is 62.6 Å². The number of aryl methyl sites for hydroxylation is 2. The fourth-order valence-corrected chi connectivity index (χ4v) is 3.85. The van der Waals surface area contributed by atoms with Gasteiger partial charge in [0.05, 0.1) is 18.8 Å². The van der Waals surface area contributed by atoms with Crippen molar-refractivity contribution < 1.29 is 4.74 Å². The summed E-state index contributed by atoms with van der Waals surface area (Å²) in [5, 5.41) is 4.63. The van der Waals surface area contributed by atoms with E-state index in [0.29, 0.717) is 36.9 Å². The highest BCUT2D eigenvalue weighted by molar-refractivity contribution is 5.72. The molecular formula is C23H28N6O3. The number of fused-ring (bicyclic) bond motifs is 1. The van der Waals surface area contributed by atoms with E-state index in [9.17, 15) is 9.59 Å². The number of hydrogen-bond donors (Lipinski definition) is 0. The second-order valence-electron chi connectivity index (χ2n) is 7.86. The first kappa shape index (κ1) is 21.8. The van der Waals surface area contributed by atoms with Crippen molar-refractivity contribution in [3.05, 3.63) is 73.7 Å². The SMILES string of the molecule is CCOCCn1c(-n2nc(C)c(C)c2C)nc2c1c(=O)n(Cc1ccccc1)c(=O)n2C. The van der Waals surface area contributed by atoms with Crippen molar-refractivity contribution in [1.29, 1.82) is 0 Å². The summed E-state index contributed by atoms with van der Waals surface area (Å²) >= 11 is 0. The van der Waals surface area contributed by atoms with Crippen LogP contribution in [0, 0.1) is 20.8 Å². The van der Waals surface area contributed by atoms with Crippen LogP contribution in [0.4, 0.5) is 0 Å². The van der Waals surface area contributed by atoms with Crippen LogP contribution in [0.5, 0.6) is 0 Å². The van der Waals surface area contributed by atoms with E-state index in [1.54, 1.807) is 11.7 Å². The zero-order valence-corrected chi connectivity index (χ0v) is 19.1. The van der Waals surface area contributed by atoms with Crippen LogP contribution in [0.15, 0.2) is 39.9 Å². The van der Waals surface area contributed by atoms with E-state index in [-0.39, 0.29) is 12.1 Å². The Kier molecular flexibility index (Phi) is 5.84. The van der Waals surface area contributed by atoms with Crippen LogP contribution in [0.2, 0.25) is 0 Å². The molecule has 9 heteroatoms. The molecule has 0 aliphatic heterocycles. The smallest absolute Gasteiger partial charge is 0.332 e. The van der Waals surface area contributed by atoms with Gasteiger partial charge in [0.15, 0.2) is 11.2 Å². The molecule has 1 aromatic carbocycles.